The molecule has 2 heterocycles. The second-order valence-corrected chi connectivity index (χ2v) is 19.5. The first-order valence-electron chi connectivity index (χ1n) is 21.3. The lowest BCUT2D eigenvalue weighted by molar-refractivity contribution is -0.405. The van der Waals surface area contributed by atoms with Crippen LogP contribution in [-0.4, -0.2) is 119 Å². The summed E-state index contributed by atoms with van der Waals surface area (Å²) in [6.45, 7) is 21.9. The van der Waals surface area contributed by atoms with E-state index in [0.29, 0.717) is 11.1 Å². The molecule has 342 valence electrons. The van der Waals surface area contributed by atoms with Gasteiger partial charge >= 0.3 is 30.0 Å². The molecule has 16 nitrogen and oxygen atoms in total. The third-order valence-electron chi connectivity index (χ3n) is 13.4. The first-order chi connectivity index (χ1) is 28.8. The number of aliphatic hydroxyl groups is 2. The summed E-state index contributed by atoms with van der Waals surface area (Å²) >= 11 is 0. The van der Waals surface area contributed by atoms with Gasteiger partial charge in [-0.3, -0.25) is 9.59 Å². The molecular formula is C46H63NO15. The van der Waals surface area contributed by atoms with Crippen molar-refractivity contribution < 1.29 is 72.1 Å². The van der Waals surface area contributed by atoms with Crippen LogP contribution in [0.1, 0.15) is 106 Å². The second-order valence-electron chi connectivity index (χ2n) is 19.5. The molecule has 5 aliphatic rings. The maximum absolute atomic E-state index is 14.4. The van der Waals surface area contributed by atoms with E-state index in [4.69, 9.17) is 37.9 Å². The molecule has 0 spiro atoms. The van der Waals surface area contributed by atoms with Gasteiger partial charge in [0.2, 0.25) is 0 Å². The molecule has 1 aromatic rings. The number of esters is 4. The van der Waals surface area contributed by atoms with Gasteiger partial charge in [0.1, 0.15) is 35.6 Å². The largest absolute Gasteiger partial charge is 0.456 e. The van der Waals surface area contributed by atoms with Gasteiger partial charge in [0.05, 0.1) is 30.2 Å². The number of hydrogen-bond donors (Lipinski definition) is 3. The zero-order chi connectivity index (χ0) is 45.9. The van der Waals surface area contributed by atoms with Gasteiger partial charge in [0.25, 0.3) is 0 Å². The van der Waals surface area contributed by atoms with Crippen LogP contribution in [-0.2, 0) is 52.3 Å². The predicted molar refractivity (Wildman–Crippen MR) is 220 cm³/mol. The Morgan fingerprint density at radius 2 is 1.65 bits per heavy atom. The SMILES string of the molecule is C=CC1O[C@H]2CC3OC[C@@]3(OC(C)=O)[C@H]3[C@H](OC(=O)c4ccccc4)[C@]4(O)C[C@H](OC(=O)[C@H](O)[C@H](CC(C)C)NC(=O)OC(C)(C)C)C(C)=C([C@H](OC(C)=O)[C@H](O1)[C@]23C)C4(C)C. The van der Waals surface area contributed by atoms with Crippen molar-refractivity contribution in [2.75, 3.05) is 6.61 Å². The van der Waals surface area contributed by atoms with Crippen molar-refractivity contribution >= 4 is 30.0 Å². The molecule has 3 aliphatic carbocycles. The lowest BCUT2D eigenvalue weighted by Gasteiger charge is -2.71. The van der Waals surface area contributed by atoms with Gasteiger partial charge in [0.15, 0.2) is 24.1 Å². The van der Waals surface area contributed by atoms with Gasteiger partial charge in [-0.2, -0.15) is 0 Å². The molecule has 6 rings (SSSR count). The minimum Gasteiger partial charge on any atom is -0.456 e. The average Bonchev–Trinajstić information content (AvgIpc) is 3.15. The number of aliphatic hydroxyl groups excluding tert-OH is 1. The first kappa shape index (κ1) is 47.1. The summed E-state index contributed by atoms with van der Waals surface area (Å²) in [6.07, 6.45) is -9.36. The van der Waals surface area contributed by atoms with Crippen LogP contribution in [0.4, 0.5) is 4.79 Å². The monoisotopic (exact) mass is 869 g/mol. The maximum Gasteiger partial charge on any atom is 0.407 e. The van der Waals surface area contributed by atoms with E-state index in [1.165, 1.54) is 19.9 Å². The summed E-state index contributed by atoms with van der Waals surface area (Å²) in [6, 6.07) is 7.04. The van der Waals surface area contributed by atoms with Crippen molar-refractivity contribution in [1.29, 1.82) is 0 Å². The third-order valence-corrected chi connectivity index (χ3v) is 13.4. The fourth-order valence-corrected chi connectivity index (χ4v) is 10.7. The first-order valence-corrected chi connectivity index (χ1v) is 21.3. The fraction of sp³-hybridized carbons (Fsp3) is 0.674. The number of carbonyl (C=O) groups excluding carboxylic acids is 5. The Balaban J connectivity index is 1.57. The van der Waals surface area contributed by atoms with Gasteiger partial charge in [-0.15, -0.1) is 0 Å². The Hall–Kier alpha value is -4.35. The highest BCUT2D eigenvalue weighted by molar-refractivity contribution is 5.89. The van der Waals surface area contributed by atoms with Crippen LogP contribution in [0.15, 0.2) is 54.1 Å². The topological polar surface area (TPSA) is 212 Å². The molecular weight excluding hydrogens is 806 g/mol. The third kappa shape index (κ3) is 8.28. The molecule has 2 bridgehead atoms. The van der Waals surface area contributed by atoms with Crippen molar-refractivity contribution in [3.05, 3.63) is 59.7 Å². The van der Waals surface area contributed by atoms with Crippen LogP contribution < -0.4 is 5.32 Å². The normalized spacial score (nSPS) is 35.5. The zero-order valence-electron chi connectivity index (χ0n) is 37.6. The highest BCUT2D eigenvalue weighted by Gasteiger charge is 2.79. The van der Waals surface area contributed by atoms with E-state index in [2.05, 4.69) is 11.9 Å². The predicted octanol–water partition coefficient (Wildman–Crippen LogP) is 4.87. The molecule has 16 heteroatoms. The fourth-order valence-electron chi connectivity index (χ4n) is 10.7. The minimum absolute atomic E-state index is 0.0926. The van der Waals surface area contributed by atoms with Gasteiger partial charge in [-0.05, 0) is 69.4 Å². The summed E-state index contributed by atoms with van der Waals surface area (Å²) in [5.41, 5.74) is -6.65. The quantitative estimate of drug-likeness (QED) is 0.154. The molecule has 13 atom stereocenters. The number of benzene rings is 1. The Bertz CT molecular complexity index is 1960. The van der Waals surface area contributed by atoms with Crippen LogP contribution in [0.2, 0.25) is 0 Å². The lowest BCUT2D eigenvalue weighted by Crippen LogP contribution is -2.83. The Kier molecular flexibility index (Phi) is 12.9. The molecule has 0 aromatic heterocycles. The smallest absolute Gasteiger partial charge is 0.407 e. The number of alkyl carbamates (subject to hydrolysis) is 1. The Labute approximate surface area is 362 Å². The van der Waals surface area contributed by atoms with E-state index in [0.717, 1.165) is 0 Å². The van der Waals surface area contributed by atoms with Crippen molar-refractivity contribution in [2.45, 2.75) is 167 Å². The zero-order valence-corrected chi connectivity index (χ0v) is 37.6. The van der Waals surface area contributed by atoms with Crippen LogP contribution >= 0.6 is 0 Å². The highest BCUT2D eigenvalue weighted by atomic mass is 16.7. The molecule has 2 aliphatic heterocycles. The Morgan fingerprint density at radius 1 is 0.984 bits per heavy atom. The number of fused-ring (bicyclic) bond motifs is 4. The summed E-state index contributed by atoms with van der Waals surface area (Å²) in [4.78, 5) is 68.1. The molecule has 2 unspecified atom stereocenters. The van der Waals surface area contributed by atoms with Crippen molar-refractivity contribution in [2.24, 2.45) is 22.7 Å². The summed E-state index contributed by atoms with van der Waals surface area (Å²) < 4.78 is 50.2. The number of amides is 1. The van der Waals surface area contributed by atoms with Crippen molar-refractivity contribution in [3.63, 3.8) is 0 Å². The van der Waals surface area contributed by atoms with E-state index in [9.17, 15) is 34.2 Å². The average molecular weight is 870 g/mol. The van der Waals surface area contributed by atoms with E-state index < -0.39 is 125 Å². The van der Waals surface area contributed by atoms with Gasteiger partial charge in [-0.25, -0.2) is 14.4 Å². The highest BCUT2D eigenvalue weighted by Crippen LogP contribution is 2.67. The number of ether oxygens (including phenoxy) is 8. The molecule has 62 heavy (non-hydrogen) atoms. The molecule has 2 saturated heterocycles. The van der Waals surface area contributed by atoms with Crippen LogP contribution in [0, 0.1) is 22.7 Å². The van der Waals surface area contributed by atoms with Crippen LogP contribution in [0.25, 0.3) is 0 Å². The molecule has 0 radical (unpaired) electrons. The standard InChI is InChI=1S/C46H63NO15/c1-13-32-58-30-20-31-45(22-55-31,61-26(6)49)36-38(60-39(51)27-17-15-14-16-18-27)46(54)21-29(57-40(52)34(50)28(19-23(2)3)47-41(53)62-42(7,8)9)24(4)33(43(46,10)11)35(56-25(5)48)37(59-32)44(30,36)12/h13-18,23,28-32,34-38,50,54H,1,19-22H2,2-12H3,(H,47,53)/t28-,29-,30-,31?,32?,34+,35-,36-,37-,38-,44+,45-,46+/m0/s1. The number of rotatable bonds is 11. The van der Waals surface area contributed by atoms with E-state index in [-0.39, 0.29) is 30.9 Å². The number of hydrogen-bond acceptors (Lipinski definition) is 15. The van der Waals surface area contributed by atoms with Crippen molar-refractivity contribution in [3.8, 4) is 0 Å². The molecule has 1 aromatic carbocycles. The molecule has 2 saturated carbocycles. The van der Waals surface area contributed by atoms with E-state index in [1.807, 2.05) is 20.8 Å². The van der Waals surface area contributed by atoms with E-state index >= 15 is 0 Å². The van der Waals surface area contributed by atoms with Gasteiger partial charge in [-0.1, -0.05) is 59.4 Å². The summed E-state index contributed by atoms with van der Waals surface area (Å²) in [5.74, 6) is -4.57. The van der Waals surface area contributed by atoms with Gasteiger partial charge in [0, 0.05) is 37.5 Å². The van der Waals surface area contributed by atoms with Crippen molar-refractivity contribution in [1.82, 2.24) is 5.32 Å². The number of carbonyl (C=O) groups is 5. The molecule has 1 amide bonds. The maximum atomic E-state index is 14.4. The van der Waals surface area contributed by atoms with Crippen LogP contribution in [0.5, 0.6) is 0 Å². The van der Waals surface area contributed by atoms with Gasteiger partial charge < -0.3 is 53.4 Å². The summed E-state index contributed by atoms with van der Waals surface area (Å²) in [7, 11) is 0. The van der Waals surface area contributed by atoms with E-state index in [1.54, 1.807) is 71.9 Å². The lowest BCUT2D eigenvalue weighted by atomic mass is 9.44. The number of nitrogens with one attached hydrogen (secondary N) is 1. The van der Waals surface area contributed by atoms with Crippen LogP contribution in [0.3, 0.4) is 0 Å². The molecule has 4 fully saturated rings. The minimum atomic E-state index is -2.23. The second kappa shape index (κ2) is 17.0. The molecule has 3 N–H and O–H groups in total. The Morgan fingerprint density at radius 3 is 2.19 bits per heavy atom. The summed E-state index contributed by atoms with van der Waals surface area (Å²) in [5, 5.41) is 28.1.